The van der Waals surface area contributed by atoms with Crippen LogP contribution in [-0.4, -0.2) is 84.8 Å². The molecule has 0 aromatic carbocycles. The molecule has 1 atom stereocenters. The number of amides is 2. The van der Waals surface area contributed by atoms with Gasteiger partial charge in [-0.15, -0.1) is 0 Å². The highest BCUT2D eigenvalue weighted by molar-refractivity contribution is 5.87. The first-order valence-corrected chi connectivity index (χ1v) is 9.54. The monoisotopic (exact) mass is 405 g/mol. The maximum atomic E-state index is 12.4. The Labute approximate surface area is 167 Å². The third-order valence-electron chi connectivity index (χ3n) is 3.76. The highest BCUT2D eigenvalue weighted by atomic mass is 16.6. The van der Waals surface area contributed by atoms with E-state index < -0.39 is 18.2 Å². The Kier molecular flexibility index (Phi) is 17.2. The van der Waals surface area contributed by atoms with E-state index in [9.17, 15) is 14.4 Å². The van der Waals surface area contributed by atoms with Crippen LogP contribution in [0.25, 0.3) is 0 Å². The normalized spacial score (nSPS) is 11.5. The van der Waals surface area contributed by atoms with Crippen molar-refractivity contribution >= 4 is 18.0 Å². The molecule has 0 aliphatic rings. The molecule has 0 heterocycles. The van der Waals surface area contributed by atoms with Crippen LogP contribution < -0.4 is 16.0 Å². The second-order valence-corrected chi connectivity index (χ2v) is 6.05. The summed E-state index contributed by atoms with van der Waals surface area (Å²) in [6.07, 6.45) is 1.70. The van der Waals surface area contributed by atoms with Crippen LogP contribution in [0.5, 0.6) is 0 Å². The molecule has 0 aliphatic heterocycles. The lowest BCUT2D eigenvalue weighted by molar-refractivity contribution is -0.121. The van der Waals surface area contributed by atoms with E-state index in [-0.39, 0.29) is 19.0 Å². The predicted octanol–water partition coefficient (Wildman–Crippen LogP) is 0.839. The number of Topliss-reactive ketones (excluding diaryl/α,β-unsaturated/α-hetero) is 1. The van der Waals surface area contributed by atoms with Crippen LogP contribution in [0, 0.1) is 0 Å². The van der Waals surface area contributed by atoms with Crippen molar-refractivity contribution < 1.29 is 33.3 Å². The summed E-state index contributed by atoms with van der Waals surface area (Å²) in [6, 6.07) is -0.611. The summed E-state index contributed by atoms with van der Waals surface area (Å²) in [4.78, 5) is 35.6. The second-order valence-electron chi connectivity index (χ2n) is 6.05. The number of carbonyl (C=O) groups excluding carboxylic acids is 3. The fraction of sp³-hybridized carbons (Fsp3) is 0.833. The number of methoxy groups -OCH3 is 2. The summed E-state index contributed by atoms with van der Waals surface area (Å²) in [5, 5.41) is 8.24. The maximum absolute atomic E-state index is 12.4. The zero-order valence-corrected chi connectivity index (χ0v) is 17.2. The number of ether oxygens (including phenoxy) is 4. The largest absolute Gasteiger partial charge is 0.447 e. The molecular formula is C18H35N3O7. The van der Waals surface area contributed by atoms with Crippen molar-refractivity contribution in [3.8, 4) is 0 Å². The predicted molar refractivity (Wildman–Crippen MR) is 103 cm³/mol. The average molecular weight is 405 g/mol. The molecule has 2 amide bonds. The number of hydrogen-bond acceptors (Lipinski definition) is 8. The van der Waals surface area contributed by atoms with Gasteiger partial charge in [0.25, 0.3) is 0 Å². The topological polar surface area (TPSA) is 124 Å². The van der Waals surface area contributed by atoms with Gasteiger partial charge in [0.2, 0.25) is 0 Å². The standard InChI is InChI=1S/C18H35N3O7/c1-19-9-6-8-16(22)15(21-18(24)28-14-12-26-3)7-4-5-10-20-17(23)27-13-11-25-2/h15,19H,4-14H2,1-3H3,(H,20,23)(H,21,24). The van der Waals surface area contributed by atoms with E-state index >= 15 is 0 Å². The number of ketones is 1. The van der Waals surface area contributed by atoms with E-state index in [4.69, 9.17) is 18.9 Å². The molecule has 0 aromatic heterocycles. The minimum absolute atomic E-state index is 0.0362. The number of carbonyl (C=O) groups is 3. The van der Waals surface area contributed by atoms with Crippen molar-refractivity contribution in [3.05, 3.63) is 0 Å². The van der Waals surface area contributed by atoms with Gasteiger partial charge in [-0.25, -0.2) is 9.59 Å². The smallest absolute Gasteiger partial charge is 0.407 e. The van der Waals surface area contributed by atoms with Gasteiger partial charge in [0.15, 0.2) is 5.78 Å². The highest BCUT2D eigenvalue weighted by Gasteiger charge is 2.20. The Morgan fingerprint density at radius 1 is 0.821 bits per heavy atom. The minimum atomic E-state index is -0.635. The quantitative estimate of drug-likeness (QED) is 0.304. The summed E-state index contributed by atoms with van der Waals surface area (Å²) in [7, 11) is 4.86. The Hall–Kier alpha value is -1.91. The van der Waals surface area contributed by atoms with E-state index in [0.29, 0.717) is 51.9 Å². The Morgan fingerprint density at radius 3 is 2.07 bits per heavy atom. The van der Waals surface area contributed by atoms with E-state index in [1.165, 1.54) is 14.2 Å². The molecule has 0 radical (unpaired) electrons. The lowest BCUT2D eigenvalue weighted by Crippen LogP contribution is -2.41. The molecule has 0 rings (SSSR count). The molecule has 0 bridgehead atoms. The fourth-order valence-electron chi connectivity index (χ4n) is 2.26. The molecule has 164 valence electrons. The molecule has 0 spiro atoms. The van der Waals surface area contributed by atoms with Crippen molar-refractivity contribution in [1.82, 2.24) is 16.0 Å². The summed E-state index contributed by atoms with van der Waals surface area (Å²) >= 11 is 0. The third-order valence-corrected chi connectivity index (χ3v) is 3.76. The zero-order chi connectivity index (χ0) is 21.0. The maximum Gasteiger partial charge on any atom is 0.407 e. The van der Waals surface area contributed by atoms with Crippen LogP contribution in [0.1, 0.15) is 32.1 Å². The van der Waals surface area contributed by atoms with Crippen molar-refractivity contribution in [3.63, 3.8) is 0 Å². The molecule has 0 aromatic rings. The summed E-state index contributed by atoms with van der Waals surface area (Å²) < 4.78 is 19.5. The Morgan fingerprint density at radius 2 is 1.46 bits per heavy atom. The fourth-order valence-corrected chi connectivity index (χ4v) is 2.26. The first-order chi connectivity index (χ1) is 13.5. The molecule has 3 N–H and O–H groups in total. The molecular weight excluding hydrogens is 370 g/mol. The molecule has 28 heavy (non-hydrogen) atoms. The summed E-state index contributed by atoms with van der Waals surface area (Å²) in [5.41, 5.74) is 0. The number of rotatable bonds is 17. The van der Waals surface area contributed by atoms with Gasteiger partial charge < -0.3 is 34.9 Å². The lowest BCUT2D eigenvalue weighted by atomic mass is 10.0. The van der Waals surface area contributed by atoms with Crippen LogP contribution in [0.15, 0.2) is 0 Å². The first-order valence-electron chi connectivity index (χ1n) is 9.54. The van der Waals surface area contributed by atoms with Crippen molar-refractivity contribution in [2.24, 2.45) is 0 Å². The van der Waals surface area contributed by atoms with E-state index in [1.54, 1.807) is 0 Å². The summed E-state index contributed by atoms with van der Waals surface area (Å²) in [6.45, 7) is 2.10. The molecule has 10 heteroatoms. The van der Waals surface area contributed by atoms with Gasteiger partial charge in [0.05, 0.1) is 19.3 Å². The van der Waals surface area contributed by atoms with Gasteiger partial charge in [0.1, 0.15) is 13.2 Å². The molecule has 0 aliphatic carbocycles. The highest BCUT2D eigenvalue weighted by Crippen LogP contribution is 2.06. The molecule has 0 fully saturated rings. The van der Waals surface area contributed by atoms with Gasteiger partial charge in [-0.1, -0.05) is 0 Å². The second kappa shape index (κ2) is 18.5. The minimum Gasteiger partial charge on any atom is -0.447 e. The SMILES string of the molecule is CNCCCC(=O)C(CCCCNC(=O)OCCOC)NC(=O)OCCOC. The van der Waals surface area contributed by atoms with Crippen LogP contribution >= 0.6 is 0 Å². The lowest BCUT2D eigenvalue weighted by Gasteiger charge is -2.18. The van der Waals surface area contributed by atoms with Gasteiger partial charge >= 0.3 is 12.2 Å². The van der Waals surface area contributed by atoms with E-state index in [2.05, 4.69) is 16.0 Å². The Balaban J connectivity index is 4.23. The number of nitrogens with one attached hydrogen (secondary N) is 3. The van der Waals surface area contributed by atoms with Crippen LogP contribution in [0.3, 0.4) is 0 Å². The van der Waals surface area contributed by atoms with Crippen LogP contribution in [0.4, 0.5) is 9.59 Å². The van der Waals surface area contributed by atoms with Crippen molar-refractivity contribution in [1.29, 1.82) is 0 Å². The van der Waals surface area contributed by atoms with Crippen molar-refractivity contribution in [2.75, 3.05) is 60.8 Å². The number of hydrogen-bond donors (Lipinski definition) is 3. The van der Waals surface area contributed by atoms with Gasteiger partial charge in [-0.2, -0.15) is 0 Å². The molecule has 0 saturated carbocycles. The number of alkyl carbamates (subject to hydrolysis) is 2. The first kappa shape index (κ1) is 26.1. The molecule has 0 saturated heterocycles. The molecule has 10 nitrogen and oxygen atoms in total. The van der Waals surface area contributed by atoms with E-state index in [0.717, 1.165) is 6.54 Å². The van der Waals surface area contributed by atoms with Gasteiger partial charge in [-0.3, -0.25) is 4.79 Å². The van der Waals surface area contributed by atoms with Crippen LogP contribution in [-0.2, 0) is 23.7 Å². The van der Waals surface area contributed by atoms with Crippen molar-refractivity contribution in [2.45, 2.75) is 38.1 Å². The molecule has 1 unspecified atom stereocenters. The number of unbranched alkanes of at least 4 members (excludes halogenated alkanes) is 1. The van der Waals surface area contributed by atoms with Gasteiger partial charge in [0, 0.05) is 27.2 Å². The van der Waals surface area contributed by atoms with E-state index in [1.807, 2.05) is 7.05 Å². The summed E-state index contributed by atoms with van der Waals surface area (Å²) in [5.74, 6) is -0.0362. The van der Waals surface area contributed by atoms with Gasteiger partial charge in [-0.05, 0) is 39.3 Å². The zero-order valence-electron chi connectivity index (χ0n) is 17.2. The Bertz CT molecular complexity index is 435. The average Bonchev–Trinajstić information content (AvgIpc) is 2.67. The van der Waals surface area contributed by atoms with Crippen LogP contribution in [0.2, 0.25) is 0 Å². The third kappa shape index (κ3) is 15.2.